The van der Waals surface area contributed by atoms with Crippen molar-refractivity contribution in [1.29, 1.82) is 0 Å². The van der Waals surface area contributed by atoms with Crippen LogP contribution in [-0.2, 0) is 10.5 Å². The molecule has 0 aromatic heterocycles. The molecule has 0 saturated heterocycles. The van der Waals surface area contributed by atoms with Crippen molar-refractivity contribution in [3.8, 4) is 0 Å². The summed E-state index contributed by atoms with van der Waals surface area (Å²) >= 11 is 13.4. The predicted octanol–water partition coefficient (Wildman–Crippen LogP) is 5.39. The minimum atomic E-state index is -0.191. The molecule has 2 aromatic carbocycles. The third-order valence-corrected chi connectivity index (χ3v) is 5.66. The second-order valence-electron chi connectivity index (χ2n) is 6.12. The fourth-order valence-corrected chi connectivity index (χ4v) is 3.37. The van der Waals surface area contributed by atoms with Crippen LogP contribution in [0.25, 0.3) is 0 Å². The number of benzene rings is 2. The van der Waals surface area contributed by atoms with Crippen molar-refractivity contribution in [3.63, 3.8) is 0 Å². The van der Waals surface area contributed by atoms with E-state index in [0.29, 0.717) is 27.0 Å². The molecule has 2 aromatic rings. The molecule has 2 amide bonds. The van der Waals surface area contributed by atoms with Crippen LogP contribution >= 0.6 is 35.0 Å². The van der Waals surface area contributed by atoms with E-state index in [1.807, 2.05) is 19.9 Å². The monoisotopic (exact) mass is 424 g/mol. The molecule has 1 atom stereocenters. The molecular weight excluding hydrogens is 403 g/mol. The molecule has 144 valence electrons. The Balaban J connectivity index is 1.91. The molecule has 0 aliphatic carbocycles. The number of thioether (sulfide) groups is 1. The summed E-state index contributed by atoms with van der Waals surface area (Å²) < 4.78 is 0. The van der Waals surface area contributed by atoms with Crippen LogP contribution in [0.15, 0.2) is 42.5 Å². The van der Waals surface area contributed by atoms with E-state index in [2.05, 4.69) is 10.6 Å². The summed E-state index contributed by atoms with van der Waals surface area (Å²) in [5.74, 6) is 0.551. The molecule has 1 unspecified atom stereocenters. The zero-order valence-electron chi connectivity index (χ0n) is 15.2. The average molecular weight is 425 g/mol. The normalized spacial score (nSPS) is 11.7. The number of halogens is 2. The zero-order valence-corrected chi connectivity index (χ0v) is 17.5. The van der Waals surface area contributed by atoms with Gasteiger partial charge in [-0.25, -0.2) is 0 Å². The summed E-state index contributed by atoms with van der Waals surface area (Å²) in [6.07, 6.45) is 0.839. The van der Waals surface area contributed by atoms with Crippen LogP contribution in [0.3, 0.4) is 0 Å². The minimum absolute atomic E-state index is 0.0722. The molecule has 0 heterocycles. The van der Waals surface area contributed by atoms with Crippen LogP contribution in [0.1, 0.15) is 36.2 Å². The Morgan fingerprint density at radius 3 is 2.56 bits per heavy atom. The maximum absolute atomic E-state index is 12.4. The summed E-state index contributed by atoms with van der Waals surface area (Å²) in [6.45, 7) is 3.95. The molecule has 0 aliphatic heterocycles. The van der Waals surface area contributed by atoms with Crippen LogP contribution in [-0.4, -0.2) is 23.6 Å². The fraction of sp³-hybridized carbons (Fsp3) is 0.300. The van der Waals surface area contributed by atoms with Crippen molar-refractivity contribution < 1.29 is 9.59 Å². The molecule has 0 bridgehead atoms. The lowest BCUT2D eigenvalue weighted by atomic mass is 10.1. The van der Waals surface area contributed by atoms with E-state index in [9.17, 15) is 9.59 Å². The number of amides is 2. The summed E-state index contributed by atoms with van der Waals surface area (Å²) in [4.78, 5) is 24.6. The molecule has 0 spiro atoms. The maximum Gasteiger partial charge on any atom is 0.253 e. The summed E-state index contributed by atoms with van der Waals surface area (Å²) in [5, 5.41) is 6.75. The highest BCUT2D eigenvalue weighted by atomic mass is 35.5. The van der Waals surface area contributed by atoms with Gasteiger partial charge in [0, 0.05) is 11.8 Å². The Hall–Kier alpha value is -1.69. The van der Waals surface area contributed by atoms with Crippen molar-refractivity contribution in [2.75, 3.05) is 11.1 Å². The van der Waals surface area contributed by atoms with Gasteiger partial charge in [-0.2, -0.15) is 0 Å². The van der Waals surface area contributed by atoms with Gasteiger partial charge in [-0.15, -0.1) is 11.8 Å². The van der Waals surface area contributed by atoms with Crippen molar-refractivity contribution >= 4 is 52.5 Å². The number of hydrogen-bond donors (Lipinski definition) is 2. The van der Waals surface area contributed by atoms with E-state index in [-0.39, 0.29) is 23.6 Å². The van der Waals surface area contributed by atoms with Gasteiger partial charge in [0.2, 0.25) is 5.91 Å². The van der Waals surface area contributed by atoms with E-state index >= 15 is 0 Å². The van der Waals surface area contributed by atoms with Gasteiger partial charge in [0.1, 0.15) is 0 Å². The maximum atomic E-state index is 12.4. The summed E-state index contributed by atoms with van der Waals surface area (Å²) in [7, 11) is 0. The first-order valence-corrected chi connectivity index (χ1v) is 10.5. The highest BCUT2D eigenvalue weighted by molar-refractivity contribution is 7.99. The van der Waals surface area contributed by atoms with Crippen LogP contribution in [0.2, 0.25) is 10.0 Å². The Bertz CT molecular complexity index is 814. The summed E-state index contributed by atoms with van der Waals surface area (Å²) in [6, 6.07) is 12.5. The van der Waals surface area contributed by atoms with E-state index in [1.165, 1.54) is 11.8 Å². The Labute approximate surface area is 174 Å². The van der Waals surface area contributed by atoms with E-state index in [0.717, 1.165) is 12.0 Å². The largest absolute Gasteiger partial charge is 0.350 e. The van der Waals surface area contributed by atoms with Gasteiger partial charge >= 0.3 is 0 Å². The molecule has 0 fully saturated rings. The first kappa shape index (κ1) is 21.6. The molecule has 27 heavy (non-hydrogen) atoms. The molecule has 2 rings (SSSR count). The lowest BCUT2D eigenvalue weighted by Gasteiger charge is -2.14. The summed E-state index contributed by atoms with van der Waals surface area (Å²) in [5.41, 5.74) is 1.97. The van der Waals surface area contributed by atoms with E-state index in [1.54, 1.807) is 36.4 Å². The molecule has 2 N–H and O–H groups in total. The number of hydrogen-bond acceptors (Lipinski definition) is 3. The quantitative estimate of drug-likeness (QED) is 0.596. The number of carbonyl (C=O) groups excluding carboxylic acids is 2. The van der Waals surface area contributed by atoms with Crippen molar-refractivity contribution in [3.05, 3.63) is 63.6 Å². The van der Waals surface area contributed by atoms with Gasteiger partial charge in [-0.05, 0) is 43.2 Å². The zero-order chi connectivity index (χ0) is 19.8. The van der Waals surface area contributed by atoms with Gasteiger partial charge in [-0.3, -0.25) is 9.59 Å². The lowest BCUT2D eigenvalue weighted by Crippen LogP contribution is -2.32. The predicted molar refractivity (Wildman–Crippen MR) is 115 cm³/mol. The smallest absolute Gasteiger partial charge is 0.253 e. The second kappa shape index (κ2) is 10.6. The topological polar surface area (TPSA) is 58.2 Å². The number of para-hydroxylation sites is 1. The first-order valence-electron chi connectivity index (χ1n) is 8.62. The molecule has 0 aliphatic rings. The highest BCUT2D eigenvalue weighted by Crippen LogP contribution is 2.25. The third kappa shape index (κ3) is 6.76. The van der Waals surface area contributed by atoms with Gasteiger partial charge < -0.3 is 10.6 Å². The average Bonchev–Trinajstić information content (AvgIpc) is 2.64. The standard InChI is InChI=1S/C20H22Cl2N2O2S/c1-3-13(2)23-20(26)15-6-4-5-7-18(15)24-19(25)12-27-11-14-8-9-16(21)17(22)10-14/h4-10,13H,3,11-12H2,1-2H3,(H,23,26)(H,24,25). The molecular formula is C20H22Cl2N2O2S. The number of anilines is 1. The van der Waals surface area contributed by atoms with Gasteiger partial charge in [0.15, 0.2) is 0 Å². The van der Waals surface area contributed by atoms with Crippen LogP contribution in [0, 0.1) is 0 Å². The Morgan fingerprint density at radius 2 is 1.85 bits per heavy atom. The van der Waals surface area contributed by atoms with Gasteiger partial charge in [0.25, 0.3) is 5.91 Å². The van der Waals surface area contributed by atoms with Gasteiger partial charge in [0.05, 0.1) is 27.0 Å². The van der Waals surface area contributed by atoms with Gasteiger partial charge in [-0.1, -0.05) is 48.3 Å². The fourth-order valence-electron chi connectivity index (χ4n) is 2.27. The Kier molecular flexibility index (Phi) is 8.48. The minimum Gasteiger partial charge on any atom is -0.350 e. The highest BCUT2D eigenvalue weighted by Gasteiger charge is 2.14. The Morgan fingerprint density at radius 1 is 1.11 bits per heavy atom. The lowest BCUT2D eigenvalue weighted by molar-refractivity contribution is -0.113. The second-order valence-corrected chi connectivity index (χ2v) is 7.92. The SMILES string of the molecule is CCC(C)NC(=O)c1ccccc1NC(=O)CSCc1ccc(Cl)c(Cl)c1. The molecule has 4 nitrogen and oxygen atoms in total. The van der Waals surface area contributed by atoms with Crippen LogP contribution < -0.4 is 10.6 Å². The van der Waals surface area contributed by atoms with Crippen LogP contribution in [0.5, 0.6) is 0 Å². The van der Waals surface area contributed by atoms with Crippen LogP contribution in [0.4, 0.5) is 5.69 Å². The van der Waals surface area contributed by atoms with E-state index < -0.39 is 0 Å². The molecule has 7 heteroatoms. The third-order valence-electron chi connectivity index (χ3n) is 3.92. The first-order chi connectivity index (χ1) is 12.9. The van der Waals surface area contributed by atoms with E-state index in [4.69, 9.17) is 23.2 Å². The number of carbonyl (C=O) groups is 2. The number of nitrogens with one attached hydrogen (secondary N) is 2. The van der Waals surface area contributed by atoms with Crippen molar-refractivity contribution in [2.24, 2.45) is 0 Å². The molecule has 0 radical (unpaired) electrons. The van der Waals surface area contributed by atoms with Crippen molar-refractivity contribution in [2.45, 2.75) is 32.1 Å². The molecule has 0 saturated carbocycles. The number of rotatable bonds is 8. The van der Waals surface area contributed by atoms with Crippen molar-refractivity contribution in [1.82, 2.24) is 5.32 Å².